The Labute approximate surface area is 162 Å². The lowest BCUT2D eigenvalue weighted by Crippen LogP contribution is -2.34. The minimum absolute atomic E-state index is 0.136. The normalized spacial score (nSPS) is 10.0. The van der Waals surface area contributed by atoms with Crippen molar-refractivity contribution in [2.75, 3.05) is 32.8 Å². The van der Waals surface area contributed by atoms with Gasteiger partial charge in [0.15, 0.2) is 5.11 Å². The first-order chi connectivity index (χ1) is 13.0. The largest absolute Gasteiger partial charge is 0.491 e. The number of thiocarbonyl (C=S) groups is 1. The molecule has 0 radical (unpaired) electrons. The predicted molar refractivity (Wildman–Crippen MR) is 105 cm³/mol. The fourth-order valence-corrected chi connectivity index (χ4v) is 2.33. The van der Waals surface area contributed by atoms with Crippen LogP contribution in [0.25, 0.3) is 0 Å². The third-order valence-electron chi connectivity index (χ3n) is 3.44. The number of hydrogen-bond donors (Lipinski definition) is 2. The number of carbonyl (C=O) groups excluding carboxylic acids is 2. The standard InChI is InChI=1S/C19H20N2O5S/c1-24-10-11-26-16-8-6-15(7-9-16)20-19(27)21-17(22)13-4-3-5-14(12-13)18(23)25-2/h3-9,12H,10-11H2,1-2H3,(H2,20,21,22,27). The zero-order chi connectivity index (χ0) is 19.6. The number of amides is 1. The van der Waals surface area contributed by atoms with Crippen molar-refractivity contribution in [3.8, 4) is 5.75 Å². The van der Waals surface area contributed by atoms with E-state index < -0.39 is 11.9 Å². The van der Waals surface area contributed by atoms with Crippen molar-refractivity contribution >= 4 is 34.9 Å². The van der Waals surface area contributed by atoms with E-state index in [0.29, 0.717) is 30.2 Å². The average molecular weight is 388 g/mol. The van der Waals surface area contributed by atoms with Crippen LogP contribution in [0.4, 0.5) is 5.69 Å². The van der Waals surface area contributed by atoms with Crippen LogP contribution in [-0.4, -0.2) is 44.4 Å². The molecule has 0 atom stereocenters. The average Bonchev–Trinajstić information content (AvgIpc) is 2.69. The number of hydrogen-bond acceptors (Lipinski definition) is 6. The number of esters is 1. The number of carbonyl (C=O) groups is 2. The maximum Gasteiger partial charge on any atom is 0.337 e. The molecule has 2 aromatic carbocycles. The lowest BCUT2D eigenvalue weighted by Gasteiger charge is -2.11. The van der Waals surface area contributed by atoms with Crippen LogP contribution in [0.3, 0.4) is 0 Å². The van der Waals surface area contributed by atoms with Gasteiger partial charge in [0.25, 0.3) is 5.91 Å². The van der Waals surface area contributed by atoms with Crippen molar-refractivity contribution in [3.63, 3.8) is 0 Å². The summed E-state index contributed by atoms with van der Waals surface area (Å²) in [6.45, 7) is 0.968. The van der Waals surface area contributed by atoms with E-state index >= 15 is 0 Å². The second kappa shape index (κ2) is 10.2. The van der Waals surface area contributed by atoms with E-state index in [-0.39, 0.29) is 10.7 Å². The summed E-state index contributed by atoms with van der Waals surface area (Å²) in [6, 6.07) is 13.3. The molecule has 0 heterocycles. The molecule has 2 rings (SSSR count). The molecular formula is C19H20N2O5S. The van der Waals surface area contributed by atoms with Gasteiger partial charge in [0.05, 0.1) is 19.3 Å². The van der Waals surface area contributed by atoms with Crippen molar-refractivity contribution in [1.29, 1.82) is 0 Å². The summed E-state index contributed by atoms with van der Waals surface area (Å²) in [6.07, 6.45) is 0. The van der Waals surface area contributed by atoms with E-state index in [1.54, 1.807) is 49.6 Å². The van der Waals surface area contributed by atoms with E-state index in [0.717, 1.165) is 0 Å². The molecule has 0 aliphatic rings. The fourth-order valence-electron chi connectivity index (χ4n) is 2.12. The van der Waals surface area contributed by atoms with Gasteiger partial charge < -0.3 is 19.5 Å². The van der Waals surface area contributed by atoms with Crippen LogP contribution >= 0.6 is 12.2 Å². The smallest absolute Gasteiger partial charge is 0.337 e. The van der Waals surface area contributed by atoms with Gasteiger partial charge in [-0.25, -0.2) is 4.79 Å². The monoisotopic (exact) mass is 388 g/mol. The number of methoxy groups -OCH3 is 2. The molecule has 7 nitrogen and oxygen atoms in total. The van der Waals surface area contributed by atoms with E-state index in [1.165, 1.54) is 13.2 Å². The summed E-state index contributed by atoms with van der Waals surface area (Å²) < 4.78 is 15.0. The van der Waals surface area contributed by atoms with Gasteiger partial charge in [0.2, 0.25) is 0 Å². The molecule has 8 heteroatoms. The summed E-state index contributed by atoms with van der Waals surface area (Å²) in [5, 5.41) is 5.62. The molecule has 0 aliphatic carbocycles. The maximum atomic E-state index is 12.3. The van der Waals surface area contributed by atoms with Gasteiger partial charge in [-0.15, -0.1) is 0 Å². The third-order valence-corrected chi connectivity index (χ3v) is 3.65. The van der Waals surface area contributed by atoms with E-state index in [9.17, 15) is 9.59 Å². The van der Waals surface area contributed by atoms with E-state index in [1.807, 2.05) is 0 Å². The Hall–Kier alpha value is -2.97. The number of ether oxygens (including phenoxy) is 3. The van der Waals surface area contributed by atoms with Crippen molar-refractivity contribution in [1.82, 2.24) is 5.32 Å². The minimum Gasteiger partial charge on any atom is -0.491 e. The zero-order valence-corrected chi connectivity index (χ0v) is 15.8. The number of benzene rings is 2. The molecule has 2 aromatic rings. The molecule has 0 aliphatic heterocycles. The molecule has 1 amide bonds. The summed E-state index contributed by atoms with van der Waals surface area (Å²) in [5.41, 5.74) is 1.28. The number of nitrogens with one attached hydrogen (secondary N) is 2. The van der Waals surface area contributed by atoms with E-state index in [4.69, 9.17) is 21.7 Å². The molecule has 0 saturated heterocycles. The Bertz CT molecular complexity index is 808. The zero-order valence-electron chi connectivity index (χ0n) is 15.0. The third kappa shape index (κ3) is 6.36. The van der Waals surface area contributed by atoms with Crippen molar-refractivity contribution < 1.29 is 23.8 Å². The van der Waals surface area contributed by atoms with Crippen LogP contribution < -0.4 is 15.4 Å². The Morgan fingerprint density at radius 2 is 1.70 bits per heavy atom. The molecule has 27 heavy (non-hydrogen) atoms. The quantitative estimate of drug-likeness (QED) is 0.428. The second-order valence-corrected chi connectivity index (χ2v) is 5.75. The molecule has 0 unspecified atom stereocenters. The highest BCUT2D eigenvalue weighted by Gasteiger charge is 2.12. The molecule has 0 saturated carbocycles. The Balaban J connectivity index is 1.91. The van der Waals surface area contributed by atoms with Gasteiger partial charge >= 0.3 is 5.97 Å². The van der Waals surface area contributed by atoms with Crippen LogP contribution in [-0.2, 0) is 9.47 Å². The number of rotatable bonds is 7. The van der Waals surface area contributed by atoms with Crippen LogP contribution in [0.1, 0.15) is 20.7 Å². The van der Waals surface area contributed by atoms with Crippen LogP contribution in [0.5, 0.6) is 5.75 Å². The van der Waals surface area contributed by atoms with Crippen molar-refractivity contribution in [2.24, 2.45) is 0 Å². The van der Waals surface area contributed by atoms with Crippen molar-refractivity contribution in [3.05, 3.63) is 59.7 Å². The second-order valence-electron chi connectivity index (χ2n) is 5.35. The van der Waals surface area contributed by atoms with Gasteiger partial charge in [-0.05, 0) is 54.7 Å². The molecule has 0 spiro atoms. The highest BCUT2D eigenvalue weighted by atomic mass is 32.1. The molecule has 0 bridgehead atoms. The molecule has 0 fully saturated rings. The Kier molecular flexibility index (Phi) is 7.72. The Morgan fingerprint density at radius 3 is 2.37 bits per heavy atom. The first-order valence-electron chi connectivity index (χ1n) is 8.06. The summed E-state index contributed by atoms with van der Waals surface area (Å²) in [5.74, 6) is -0.247. The molecule has 2 N–H and O–H groups in total. The molecular weight excluding hydrogens is 368 g/mol. The van der Waals surface area contributed by atoms with Gasteiger partial charge in [0, 0.05) is 18.4 Å². The lowest BCUT2D eigenvalue weighted by molar-refractivity contribution is 0.0600. The van der Waals surface area contributed by atoms with Gasteiger partial charge in [-0.1, -0.05) is 6.07 Å². The highest BCUT2D eigenvalue weighted by molar-refractivity contribution is 7.80. The van der Waals surface area contributed by atoms with E-state index in [2.05, 4.69) is 15.4 Å². The summed E-state index contributed by atoms with van der Waals surface area (Å²) in [4.78, 5) is 23.8. The van der Waals surface area contributed by atoms with Crippen LogP contribution in [0.15, 0.2) is 48.5 Å². The van der Waals surface area contributed by atoms with Gasteiger partial charge in [-0.2, -0.15) is 0 Å². The number of anilines is 1. The van der Waals surface area contributed by atoms with Crippen molar-refractivity contribution in [2.45, 2.75) is 0 Å². The molecule has 0 aromatic heterocycles. The lowest BCUT2D eigenvalue weighted by atomic mass is 10.1. The summed E-state index contributed by atoms with van der Waals surface area (Å²) in [7, 11) is 2.89. The summed E-state index contributed by atoms with van der Waals surface area (Å²) >= 11 is 5.16. The fraction of sp³-hybridized carbons (Fsp3) is 0.211. The first kappa shape index (κ1) is 20.3. The topological polar surface area (TPSA) is 85.9 Å². The van der Waals surface area contributed by atoms with Gasteiger partial charge in [-0.3, -0.25) is 10.1 Å². The predicted octanol–water partition coefficient (Wildman–Crippen LogP) is 2.63. The highest BCUT2D eigenvalue weighted by Crippen LogP contribution is 2.15. The van der Waals surface area contributed by atoms with Crippen LogP contribution in [0.2, 0.25) is 0 Å². The molecule has 142 valence electrons. The maximum absolute atomic E-state index is 12.3. The SMILES string of the molecule is COCCOc1ccc(NC(=S)NC(=O)c2cccc(C(=O)OC)c2)cc1. The van der Waals surface area contributed by atoms with Crippen LogP contribution in [0, 0.1) is 0 Å². The first-order valence-corrected chi connectivity index (χ1v) is 8.47. The Morgan fingerprint density at radius 1 is 1.00 bits per heavy atom. The van der Waals surface area contributed by atoms with Gasteiger partial charge in [0.1, 0.15) is 12.4 Å². The minimum atomic E-state index is -0.516.